The second-order valence-corrected chi connectivity index (χ2v) is 5.51. The zero-order chi connectivity index (χ0) is 17.6. The van der Waals surface area contributed by atoms with E-state index in [0.29, 0.717) is 24.4 Å². The Balaban J connectivity index is 1.70. The lowest BCUT2D eigenvalue weighted by atomic mass is 10.1. The second kappa shape index (κ2) is 7.66. The largest absolute Gasteiger partial charge is 0.497 e. The molecule has 2 aromatic rings. The van der Waals surface area contributed by atoms with Gasteiger partial charge in [-0.25, -0.2) is 9.79 Å². The van der Waals surface area contributed by atoms with Gasteiger partial charge in [-0.05, 0) is 41.8 Å². The predicted octanol–water partition coefficient (Wildman–Crippen LogP) is 3.63. The molecule has 0 N–H and O–H groups in total. The van der Waals surface area contributed by atoms with Crippen LogP contribution in [-0.2, 0) is 16.0 Å². The number of para-hydroxylation sites is 1. The van der Waals surface area contributed by atoms with Gasteiger partial charge in [0.25, 0.3) is 0 Å². The van der Waals surface area contributed by atoms with Crippen LogP contribution in [0.3, 0.4) is 0 Å². The van der Waals surface area contributed by atoms with E-state index in [9.17, 15) is 4.79 Å². The van der Waals surface area contributed by atoms with E-state index in [0.717, 1.165) is 22.6 Å². The number of carbonyl (C=O) groups is 1. The molecule has 0 aliphatic carbocycles. The van der Waals surface area contributed by atoms with Crippen molar-refractivity contribution in [2.24, 2.45) is 4.99 Å². The molecule has 1 heterocycles. The van der Waals surface area contributed by atoms with Crippen LogP contribution in [0.5, 0.6) is 11.5 Å². The summed E-state index contributed by atoms with van der Waals surface area (Å²) in [7, 11) is 3.25. The van der Waals surface area contributed by atoms with Crippen LogP contribution in [0, 0.1) is 0 Å². The number of cyclic esters (lactones) is 1. The number of carbonyl (C=O) groups excluding carboxylic acids is 1. The molecular weight excluding hydrogens is 318 g/mol. The summed E-state index contributed by atoms with van der Waals surface area (Å²) >= 11 is 0. The lowest BCUT2D eigenvalue weighted by Crippen LogP contribution is -2.05. The van der Waals surface area contributed by atoms with Crippen LogP contribution in [0.4, 0.5) is 0 Å². The molecule has 0 bridgehead atoms. The first-order valence-electron chi connectivity index (χ1n) is 7.97. The van der Waals surface area contributed by atoms with Crippen molar-refractivity contribution < 1.29 is 19.0 Å². The fraction of sp³-hybridized carbons (Fsp3) is 0.200. The maximum absolute atomic E-state index is 12.0. The summed E-state index contributed by atoms with van der Waals surface area (Å²) in [6, 6.07) is 15.2. The number of aryl methyl sites for hydroxylation is 1. The minimum absolute atomic E-state index is 0.306. The van der Waals surface area contributed by atoms with E-state index in [1.165, 1.54) is 0 Å². The van der Waals surface area contributed by atoms with Gasteiger partial charge in [-0.3, -0.25) is 0 Å². The van der Waals surface area contributed by atoms with Gasteiger partial charge in [-0.2, -0.15) is 0 Å². The van der Waals surface area contributed by atoms with E-state index in [2.05, 4.69) is 4.99 Å². The number of aliphatic imine (C=N–C) groups is 1. The van der Waals surface area contributed by atoms with Crippen molar-refractivity contribution in [2.45, 2.75) is 12.8 Å². The maximum Gasteiger partial charge on any atom is 0.363 e. The minimum Gasteiger partial charge on any atom is -0.497 e. The lowest BCUT2D eigenvalue weighted by molar-refractivity contribution is -0.130. The molecule has 1 aliphatic rings. The van der Waals surface area contributed by atoms with Gasteiger partial charge >= 0.3 is 5.97 Å². The van der Waals surface area contributed by atoms with Gasteiger partial charge in [0.15, 0.2) is 11.6 Å². The van der Waals surface area contributed by atoms with Crippen molar-refractivity contribution in [1.82, 2.24) is 0 Å². The number of methoxy groups -OCH3 is 2. The highest BCUT2D eigenvalue weighted by Crippen LogP contribution is 2.22. The van der Waals surface area contributed by atoms with Crippen molar-refractivity contribution in [2.75, 3.05) is 14.2 Å². The van der Waals surface area contributed by atoms with E-state index in [-0.39, 0.29) is 0 Å². The first kappa shape index (κ1) is 16.8. The molecule has 25 heavy (non-hydrogen) atoms. The highest BCUT2D eigenvalue weighted by atomic mass is 16.6. The van der Waals surface area contributed by atoms with E-state index >= 15 is 0 Å². The van der Waals surface area contributed by atoms with Gasteiger partial charge in [0.2, 0.25) is 0 Å². The molecule has 0 aromatic heterocycles. The summed E-state index contributed by atoms with van der Waals surface area (Å²) in [5.41, 5.74) is 2.22. The molecule has 1 aliphatic heterocycles. The number of benzene rings is 2. The smallest absolute Gasteiger partial charge is 0.363 e. The predicted molar refractivity (Wildman–Crippen MR) is 95.8 cm³/mol. The summed E-state index contributed by atoms with van der Waals surface area (Å²) in [5, 5.41) is 0. The monoisotopic (exact) mass is 337 g/mol. The van der Waals surface area contributed by atoms with Crippen molar-refractivity contribution in [1.29, 1.82) is 0 Å². The SMILES string of the molecule is COc1ccc(/C=C2/N=C(CCc3ccccc3OC)OC2=O)cc1. The van der Waals surface area contributed by atoms with Gasteiger partial charge in [-0.15, -0.1) is 0 Å². The Hall–Kier alpha value is -3.08. The molecule has 0 amide bonds. The third-order valence-corrected chi connectivity index (χ3v) is 3.88. The van der Waals surface area contributed by atoms with Crippen molar-refractivity contribution >= 4 is 17.9 Å². The molecule has 5 nitrogen and oxygen atoms in total. The van der Waals surface area contributed by atoms with Gasteiger partial charge in [0.05, 0.1) is 14.2 Å². The summed E-state index contributed by atoms with van der Waals surface area (Å²) < 4.78 is 15.7. The highest BCUT2D eigenvalue weighted by molar-refractivity contribution is 6.07. The van der Waals surface area contributed by atoms with Crippen LogP contribution in [0.2, 0.25) is 0 Å². The van der Waals surface area contributed by atoms with Crippen LogP contribution < -0.4 is 9.47 Å². The molecule has 0 radical (unpaired) electrons. The maximum atomic E-state index is 12.0. The highest BCUT2D eigenvalue weighted by Gasteiger charge is 2.22. The van der Waals surface area contributed by atoms with Crippen LogP contribution in [0.15, 0.2) is 59.2 Å². The Morgan fingerprint density at radius 2 is 1.76 bits per heavy atom. The first-order chi connectivity index (χ1) is 12.2. The van der Waals surface area contributed by atoms with Crippen LogP contribution >= 0.6 is 0 Å². The Bertz CT molecular complexity index is 822. The molecule has 0 fully saturated rings. The number of rotatable bonds is 6. The number of esters is 1. The van der Waals surface area contributed by atoms with Gasteiger partial charge in [0.1, 0.15) is 11.5 Å². The third-order valence-electron chi connectivity index (χ3n) is 3.88. The quantitative estimate of drug-likeness (QED) is 0.596. The average molecular weight is 337 g/mol. The minimum atomic E-state index is -0.425. The fourth-order valence-corrected chi connectivity index (χ4v) is 2.57. The second-order valence-electron chi connectivity index (χ2n) is 5.51. The Morgan fingerprint density at radius 1 is 1.00 bits per heavy atom. The molecule has 2 aromatic carbocycles. The molecule has 5 heteroatoms. The molecule has 0 atom stereocenters. The molecule has 0 saturated carbocycles. The van der Waals surface area contributed by atoms with Crippen LogP contribution in [-0.4, -0.2) is 26.1 Å². The van der Waals surface area contributed by atoms with Crippen LogP contribution in [0.25, 0.3) is 6.08 Å². The lowest BCUT2D eigenvalue weighted by Gasteiger charge is -2.07. The normalized spacial score (nSPS) is 15.0. The molecule has 0 saturated heterocycles. The Labute approximate surface area is 146 Å². The van der Waals surface area contributed by atoms with Crippen molar-refractivity contribution in [3.8, 4) is 11.5 Å². The third kappa shape index (κ3) is 4.07. The first-order valence-corrected chi connectivity index (χ1v) is 7.97. The van der Waals surface area contributed by atoms with E-state index in [1.807, 2.05) is 48.5 Å². The Morgan fingerprint density at radius 3 is 2.48 bits per heavy atom. The summed E-state index contributed by atoms with van der Waals surface area (Å²) in [4.78, 5) is 16.3. The average Bonchev–Trinajstić information content (AvgIpc) is 3.00. The van der Waals surface area contributed by atoms with Gasteiger partial charge in [-0.1, -0.05) is 30.3 Å². The summed E-state index contributed by atoms with van der Waals surface area (Å²) in [6.45, 7) is 0. The fourth-order valence-electron chi connectivity index (χ4n) is 2.57. The summed E-state index contributed by atoms with van der Waals surface area (Å²) in [5.74, 6) is 1.58. The number of hydrogen-bond acceptors (Lipinski definition) is 5. The topological polar surface area (TPSA) is 57.1 Å². The van der Waals surface area contributed by atoms with Crippen molar-refractivity contribution in [3.63, 3.8) is 0 Å². The van der Waals surface area contributed by atoms with Gasteiger partial charge in [0, 0.05) is 6.42 Å². The number of hydrogen-bond donors (Lipinski definition) is 0. The molecule has 0 spiro atoms. The van der Waals surface area contributed by atoms with E-state index in [1.54, 1.807) is 20.3 Å². The molecule has 0 unspecified atom stereocenters. The number of nitrogens with zero attached hydrogens (tertiary/aromatic N) is 1. The molecule has 3 rings (SSSR count). The number of ether oxygens (including phenoxy) is 3. The molecular formula is C20H19NO4. The van der Waals surface area contributed by atoms with Gasteiger partial charge < -0.3 is 14.2 Å². The van der Waals surface area contributed by atoms with Crippen LogP contribution in [0.1, 0.15) is 17.5 Å². The molecule has 128 valence electrons. The zero-order valence-corrected chi connectivity index (χ0v) is 14.2. The van der Waals surface area contributed by atoms with E-state index in [4.69, 9.17) is 14.2 Å². The Kier molecular flexibility index (Phi) is 5.14. The summed E-state index contributed by atoms with van der Waals surface area (Å²) in [6.07, 6.45) is 2.93. The van der Waals surface area contributed by atoms with E-state index < -0.39 is 5.97 Å². The standard InChI is InChI=1S/C20H19NO4/c1-23-16-10-7-14(8-11-16)13-17-20(22)25-19(21-17)12-9-15-5-3-4-6-18(15)24-2/h3-8,10-11,13H,9,12H2,1-2H3/b17-13+. The van der Waals surface area contributed by atoms with Crippen molar-refractivity contribution in [3.05, 3.63) is 65.4 Å². The zero-order valence-electron chi connectivity index (χ0n) is 14.2.